The maximum atomic E-state index is 4.52. The molecular weight excluding hydrogens is 296 g/mol. The van der Waals surface area contributed by atoms with Gasteiger partial charge in [0.15, 0.2) is 5.96 Å². The molecule has 2 aromatic rings. The quantitative estimate of drug-likeness (QED) is 0.485. The molecule has 0 aromatic carbocycles. The van der Waals surface area contributed by atoms with E-state index in [9.17, 15) is 0 Å². The molecule has 0 atom stereocenters. The fourth-order valence-electron chi connectivity index (χ4n) is 2.03. The maximum absolute atomic E-state index is 4.52. The zero-order valence-corrected chi connectivity index (χ0v) is 14.5. The van der Waals surface area contributed by atoms with E-state index in [2.05, 4.69) is 45.8 Å². The van der Waals surface area contributed by atoms with Crippen LogP contribution >= 0.6 is 11.3 Å². The van der Waals surface area contributed by atoms with Crippen molar-refractivity contribution < 1.29 is 0 Å². The Morgan fingerprint density at radius 1 is 1.32 bits per heavy atom. The summed E-state index contributed by atoms with van der Waals surface area (Å²) in [7, 11) is 1.78. The van der Waals surface area contributed by atoms with Gasteiger partial charge in [-0.05, 0) is 32.8 Å². The van der Waals surface area contributed by atoms with Crippen LogP contribution in [0.25, 0.3) is 0 Å². The van der Waals surface area contributed by atoms with Crippen molar-refractivity contribution in [3.8, 4) is 0 Å². The van der Waals surface area contributed by atoms with Crippen LogP contribution in [0.15, 0.2) is 17.4 Å². The van der Waals surface area contributed by atoms with Crippen molar-refractivity contribution in [3.63, 3.8) is 0 Å². The van der Waals surface area contributed by atoms with E-state index < -0.39 is 0 Å². The van der Waals surface area contributed by atoms with E-state index in [1.165, 1.54) is 10.4 Å². The summed E-state index contributed by atoms with van der Waals surface area (Å²) < 4.78 is 1.97. The first-order valence-electron chi connectivity index (χ1n) is 7.45. The third-order valence-electron chi connectivity index (χ3n) is 3.32. The van der Waals surface area contributed by atoms with Gasteiger partial charge in [0.1, 0.15) is 5.01 Å². The van der Waals surface area contributed by atoms with Gasteiger partial charge in [-0.25, -0.2) is 4.98 Å². The molecule has 0 unspecified atom stereocenters. The number of rotatable bonds is 6. The Balaban J connectivity index is 1.69. The topological polar surface area (TPSA) is 67.1 Å². The summed E-state index contributed by atoms with van der Waals surface area (Å²) in [5.74, 6) is 0.808. The van der Waals surface area contributed by atoms with Crippen LogP contribution in [0.4, 0.5) is 0 Å². The molecular formula is C15H24N6S. The molecule has 0 radical (unpaired) electrons. The van der Waals surface area contributed by atoms with Crippen LogP contribution in [-0.4, -0.2) is 34.3 Å². The molecule has 2 N–H and O–H groups in total. The smallest absolute Gasteiger partial charge is 0.191 e. The monoisotopic (exact) mass is 320 g/mol. The summed E-state index contributed by atoms with van der Waals surface area (Å²) >= 11 is 1.73. The molecule has 0 saturated heterocycles. The summed E-state index contributed by atoms with van der Waals surface area (Å²) in [6, 6.07) is 0. The number of aliphatic imine (C=N–C) groups is 1. The van der Waals surface area contributed by atoms with Gasteiger partial charge in [0, 0.05) is 31.2 Å². The number of thiazole rings is 1. The van der Waals surface area contributed by atoms with Gasteiger partial charge in [0.25, 0.3) is 0 Å². The van der Waals surface area contributed by atoms with Gasteiger partial charge < -0.3 is 10.6 Å². The SMILES string of the molecule is CN=C(NCCCn1cc(C)cn1)NCc1nc(C)c(C)s1. The lowest BCUT2D eigenvalue weighted by Gasteiger charge is -2.10. The average Bonchev–Trinajstić information content (AvgIpc) is 3.04. The Labute approximate surface area is 135 Å². The molecule has 0 fully saturated rings. The third-order valence-corrected chi connectivity index (χ3v) is 4.40. The lowest BCUT2D eigenvalue weighted by molar-refractivity contribution is 0.570. The van der Waals surface area contributed by atoms with Gasteiger partial charge in [0.05, 0.1) is 18.4 Å². The number of aryl methyl sites for hydroxylation is 4. The molecule has 2 rings (SSSR count). The molecule has 2 aromatic heterocycles. The summed E-state index contributed by atoms with van der Waals surface area (Å²) in [6.45, 7) is 8.66. The highest BCUT2D eigenvalue weighted by Gasteiger charge is 2.04. The predicted molar refractivity (Wildman–Crippen MR) is 91.4 cm³/mol. The Morgan fingerprint density at radius 2 is 2.14 bits per heavy atom. The number of hydrogen-bond acceptors (Lipinski definition) is 4. The van der Waals surface area contributed by atoms with Crippen LogP contribution in [-0.2, 0) is 13.1 Å². The minimum atomic E-state index is 0.706. The molecule has 7 heteroatoms. The van der Waals surface area contributed by atoms with E-state index in [4.69, 9.17) is 0 Å². The van der Waals surface area contributed by atoms with Crippen LogP contribution in [0.5, 0.6) is 0 Å². The van der Waals surface area contributed by atoms with Crippen molar-refractivity contribution in [2.24, 2.45) is 4.99 Å². The van der Waals surface area contributed by atoms with E-state index in [0.29, 0.717) is 6.54 Å². The van der Waals surface area contributed by atoms with Crippen LogP contribution < -0.4 is 10.6 Å². The number of nitrogens with zero attached hydrogens (tertiary/aromatic N) is 4. The first kappa shape index (κ1) is 16.5. The highest BCUT2D eigenvalue weighted by atomic mass is 32.1. The molecule has 0 amide bonds. The first-order valence-corrected chi connectivity index (χ1v) is 8.26. The lowest BCUT2D eigenvalue weighted by atomic mass is 10.4. The molecule has 0 saturated carbocycles. The maximum Gasteiger partial charge on any atom is 0.191 e. The lowest BCUT2D eigenvalue weighted by Crippen LogP contribution is -2.37. The van der Waals surface area contributed by atoms with Gasteiger partial charge in [-0.2, -0.15) is 5.10 Å². The molecule has 0 aliphatic rings. The van der Waals surface area contributed by atoms with Crippen LogP contribution in [0.1, 0.15) is 27.6 Å². The zero-order valence-electron chi connectivity index (χ0n) is 13.7. The summed E-state index contributed by atoms with van der Waals surface area (Å²) in [4.78, 5) is 10.0. The Bertz CT molecular complexity index is 608. The van der Waals surface area contributed by atoms with Crippen LogP contribution in [0.3, 0.4) is 0 Å². The van der Waals surface area contributed by atoms with Crippen LogP contribution in [0.2, 0.25) is 0 Å². The molecule has 2 heterocycles. The normalized spacial score (nSPS) is 11.7. The van der Waals surface area contributed by atoms with Gasteiger partial charge >= 0.3 is 0 Å². The van der Waals surface area contributed by atoms with E-state index in [0.717, 1.165) is 36.2 Å². The highest BCUT2D eigenvalue weighted by molar-refractivity contribution is 7.11. The van der Waals surface area contributed by atoms with E-state index in [1.807, 2.05) is 17.8 Å². The zero-order chi connectivity index (χ0) is 15.9. The van der Waals surface area contributed by atoms with Crippen LogP contribution in [0, 0.1) is 20.8 Å². The Hall–Kier alpha value is -1.89. The van der Waals surface area contributed by atoms with Crippen molar-refractivity contribution in [2.75, 3.05) is 13.6 Å². The fraction of sp³-hybridized carbons (Fsp3) is 0.533. The number of aromatic nitrogens is 3. The summed E-state index contributed by atoms with van der Waals surface area (Å²) in [6.07, 6.45) is 4.93. The Kier molecular flexibility index (Phi) is 5.94. The van der Waals surface area contributed by atoms with Crippen molar-refractivity contribution in [1.29, 1.82) is 0 Å². The minimum absolute atomic E-state index is 0.706. The standard InChI is InChI=1S/C15H24N6S/c1-11-8-19-21(10-11)7-5-6-17-15(16-4)18-9-14-20-12(2)13(3)22-14/h8,10H,5-7,9H2,1-4H3,(H2,16,17,18). The highest BCUT2D eigenvalue weighted by Crippen LogP contribution is 2.15. The minimum Gasteiger partial charge on any atom is -0.356 e. The van der Waals surface area contributed by atoms with Crippen molar-refractivity contribution in [3.05, 3.63) is 33.5 Å². The molecule has 0 aliphatic carbocycles. The van der Waals surface area contributed by atoms with Gasteiger partial charge in [0.2, 0.25) is 0 Å². The molecule has 6 nitrogen and oxygen atoms in total. The van der Waals surface area contributed by atoms with E-state index >= 15 is 0 Å². The second kappa shape index (κ2) is 7.93. The first-order chi connectivity index (χ1) is 10.6. The third kappa shape index (κ3) is 4.84. The molecule has 22 heavy (non-hydrogen) atoms. The summed E-state index contributed by atoms with van der Waals surface area (Å²) in [5, 5.41) is 12.0. The second-order valence-electron chi connectivity index (χ2n) is 5.24. The fourth-order valence-corrected chi connectivity index (χ4v) is 2.91. The van der Waals surface area contributed by atoms with E-state index in [-0.39, 0.29) is 0 Å². The molecule has 0 spiro atoms. The van der Waals surface area contributed by atoms with Crippen molar-refractivity contribution >= 4 is 17.3 Å². The molecule has 120 valence electrons. The number of hydrogen-bond donors (Lipinski definition) is 2. The largest absolute Gasteiger partial charge is 0.356 e. The number of nitrogens with one attached hydrogen (secondary N) is 2. The number of guanidine groups is 1. The second-order valence-corrected chi connectivity index (χ2v) is 6.52. The van der Waals surface area contributed by atoms with Crippen molar-refractivity contribution in [2.45, 2.75) is 40.3 Å². The van der Waals surface area contributed by atoms with Gasteiger partial charge in [-0.15, -0.1) is 11.3 Å². The van der Waals surface area contributed by atoms with Gasteiger partial charge in [-0.3, -0.25) is 9.67 Å². The van der Waals surface area contributed by atoms with Crippen molar-refractivity contribution in [1.82, 2.24) is 25.4 Å². The predicted octanol–water partition coefficient (Wildman–Crippen LogP) is 2.02. The average molecular weight is 320 g/mol. The molecule has 0 bridgehead atoms. The summed E-state index contributed by atoms with van der Waals surface area (Å²) in [5.41, 5.74) is 2.30. The van der Waals surface area contributed by atoms with Gasteiger partial charge in [-0.1, -0.05) is 0 Å². The molecule has 0 aliphatic heterocycles. The van der Waals surface area contributed by atoms with E-state index in [1.54, 1.807) is 18.4 Å². The Morgan fingerprint density at radius 3 is 2.73 bits per heavy atom.